The third-order valence-corrected chi connectivity index (χ3v) is 16.1. The Morgan fingerprint density at radius 3 is 1.67 bits per heavy atom. The molecule has 81 heavy (non-hydrogen) atoms. The number of azo groups is 4. The number of benzene rings is 8. The molecule has 0 spiro atoms. The number of ether oxygens (including phenoxy) is 1. The maximum Gasteiger partial charge on any atom is 0.296 e. The summed E-state index contributed by atoms with van der Waals surface area (Å²) in [7, 11) is -19.7. The highest BCUT2D eigenvalue weighted by molar-refractivity contribution is 7.95. The Kier molecular flexibility index (Phi) is 17.2. The molecule has 8 aromatic rings. The molecule has 0 radical (unpaired) electrons. The summed E-state index contributed by atoms with van der Waals surface area (Å²) in [6, 6.07) is 17.9. The molecular weight excluding hydrogens is 1220 g/mol. The van der Waals surface area contributed by atoms with E-state index in [0.29, 0.717) is 46.5 Å². The maximum absolute atomic E-state index is 12.9. The van der Waals surface area contributed by atoms with Crippen LogP contribution in [-0.2, 0) is 59.2 Å². The van der Waals surface area contributed by atoms with Crippen molar-refractivity contribution in [2.45, 2.75) is 29.4 Å². The molecule has 38 heteroatoms. The van der Waals surface area contributed by atoms with Gasteiger partial charge in [0.25, 0.3) is 40.5 Å². The first-order chi connectivity index (χ1) is 38.1. The summed E-state index contributed by atoms with van der Waals surface area (Å²) in [5, 5.41) is 88.6. The highest BCUT2D eigenvalue weighted by Crippen LogP contribution is 2.50. The third kappa shape index (κ3) is 12.9. The average molecular weight is 1250 g/mol. The van der Waals surface area contributed by atoms with Gasteiger partial charge in [0.2, 0.25) is 0 Å². The number of hydrogen-bond acceptors (Lipinski definition) is 29. The van der Waals surface area contributed by atoms with E-state index in [0.717, 1.165) is 42.5 Å². The molecule has 0 aliphatic heterocycles. The van der Waals surface area contributed by atoms with E-state index in [2.05, 4.69) is 59.7 Å². The number of hydrogen-bond donors (Lipinski definition) is 10. The van der Waals surface area contributed by atoms with Crippen molar-refractivity contribution in [1.29, 1.82) is 0 Å². The highest BCUT2D eigenvalue weighted by atomic mass is 35.5. The molecule has 0 aliphatic carbocycles. The Bertz CT molecular complexity index is 4520. The summed E-state index contributed by atoms with van der Waals surface area (Å²) in [6.07, 6.45) is 0. The fourth-order valence-corrected chi connectivity index (χ4v) is 11.3. The van der Waals surface area contributed by atoms with Gasteiger partial charge in [-0.2, -0.15) is 49.0 Å². The van der Waals surface area contributed by atoms with Crippen molar-refractivity contribution in [2.75, 3.05) is 12.8 Å². The van der Waals surface area contributed by atoms with Crippen molar-refractivity contribution >= 4 is 160 Å². The van der Waals surface area contributed by atoms with Gasteiger partial charge in [-0.3, -0.25) is 18.2 Å². The lowest BCUT2D eigenvalue weighted by Crippen LogP contribution is -2.04. The quantitative estimate of drug-likeness (QED) is 0.00897. The summed E-state index contributed by atoms with van der Waals surface area (Å²) in [5.41, 5.74) is 2.36. The Hall–Kier alpha value is -7.67. The minimum Gasteiger partial charge on any atom is -0.505 e. The lowest BCUT2D eigenvalue weighted by Gasteiger charge is -2.14. The lowest BCUT2D eigenvalue weighted by molar-refractivity contribution is -0.432. The third-order valence-electron chi connectivity index (χ3n) is 10.9. The van der Waals surface area contributed by atoms with E-state index in [1.807, 2.05) is 0 Å². The maximum atomic E-state index is 12.9. The number of rotatable bonds is 19. The number of phenols is 3. The summed E-state index contributed by atoms with van der Waals surface area (Å²) in [4.78, 5) is -3.87. The number of phenolic OH excluding ortho intramolecular Hbond substituents is 3. The summed E-state index contributed by atoms with van der Waals surface area (Å²) < 4.78 is 155. The number of nitrogen functional groups attached to an aromatic ring is 1. The van der Waals surface area contributed by atoms with Gasteiger partial charge in [0, 0.05) is 21.1 Å². The number of fused-ring (bicyclic) bond motifs is 3. The predicted molar refractivity (Wildman–Crippen MR) is 283 cm³/mol. The Morgan fingerprint density at radius 2 is 1.02 bits per heavy atom. The van der Waals surface area contributed by atoms with Crippen LogP contribution in [0, 0.1) is 0 Å². The summed E-state index contributed by atoms with van der Waals surface area (Å²) in [6.45, 7) is 0. The van der Waals surface area contributed by atoms with Crippen LogP contribution < -0.4 is 10.5 Å². The number of anilines is 1. The molecule has 0 heterocycles. The zero-order valence-corrected chi connectivity index (χ0v) is 45.2. The van der Waals surface area contributed by atoms with Crippen LogP contribution in [0.2, 0.25) is 5.02 Å². The van der Waals surface area contributed by atoms with Crippen LogP contribution >= 0.6 is 35.7 Å². The lowest BCUT2D eigenvalue weighted by atomic mass is 10.0. The van der Waals surface area contributed by atoms with E-state index in [-0.39, 0.29) is 55.2 Å². The van der Waals surface area contributed by atoms with Crippen molar-refractivity contribution in [3.05, 3.63) is 102 Å². The van der Waals surface area contributed by atoms with Crippen molar-refractivity contribution in [3.8, 4) is 23.0 Å². The molecule has 0 fully saturated rings. The van der Waals surface area contributed by atoms with E-state index in [1.54, 1.807) is 0 Å². The van der Waals surface area contributed by atoms with Crippen LogP contribution in [0.3, 0.4) is 0 Å². The second kappa shape index (κ2) is 23.4. The first-order valence-corrected chi connectivity index (χ1v) is 28.8. The summed E-state index contributed by atoms with van der Waals surface area (Å²) in [5.74, 6) is -2.55. The van der Waals surface area contributed by atoms with Crippen LogP contribution in [-0.4, -0.2) is 84.8 Å². The fourth-order valence-electron chi connectivity index (χ4n) is 7.43. The second-order valence-corrected chi connectivity index (χ2v) is 23.3. The van der Waals surface area contributed by atoms with Gasteiger partial charge < -0.3 is 25.8 Å². The van der Waals surface area contributed by atoms with Crippen LogP contribution in [0.15, 0.2) is 167 Å². The van der Waals surface area contributed by atoms with Crippen molar-refractivity contribution in [1.82, 2.24) is 0 Å². The molecule has 0 bridgehead atoms. The Morgan fingerprint density at radius 1 is 0.481 bits per heavy atom. The van der Waals surface area contributed by atoms with Gasteiger partial charge >= 0.3 is 0 Å². The Labute approximate surface area is 466 Å². The fraction of sp³-hybridized carbons (Fsp3) is 0.0233. The van der Waals surface area contributed by atoms with E-state index in [4.69, 9.17) is 32.6 Å². The van der Waals surface area contributed by atoms with Gasteiger partial charge in [0.15, 0.2) is 17.2 Å². The first-order valence-electron chi connectivity index (χ1n) is 21.2. The molecular formula is C43H30ClN9O22S6. The molecule has 0 saturated carbocycles. The van der Waals surface area contributed by atoms with Crippen molar-refractivity contribution < 1.29 is 101 Å². The van der Waals surface area contributed by atoms with Crippen LogP contribution in [0.1, 0.15) is 0 Å². The van der Waals surface area contributed by atoms with Crippen LogP contribution in [0.4, 0.5) is 51.2 Å². The van der Waals surface area contributed by atoms with Gasteiger partial charge in [-0.25, -0.2) is 10.5 Å². The summed E-state index contributed by atoms with van der Waals surface area (Å²) >= 11 is 6.84. The topological polar surface area (TPSA) is 490 Å². The number of aromatic hydroxyl groups is 3. The molecule has 11 N–H and O–H groups in total. The second-order valence-electron chi connectivity index (χ2n) is 15.9. The minimum absolute atomic E-state index is 0.0274. The normalized spacial score (nSPS) is 12.9. The van der Waals surface area contributed by atoms with Crippen molar-refractivity contribution in [2.24, 2.45) is 40.9 Å². The predicted octanol–water partition coefficient (Wildman–Crippen LogP) is 12.0. The number of halogens is 1. The molecule has 0 saturated heterocycles. The molecule has 0 aliphatic rings. The smallest absolute Gasteiger partial charge is 0.296 e. The number of nitrogens with zero attached hydrogens (tertiary/aromatic N) is 8. The van der Waals surface area contributed by atoms with Gasteiger partial charge in [0.05, 0.1) is 69.2 Å². The Balaban J connectivity index is 1.20. The number of methoxy groups -OCH3 is 1. The van der Waals surface area contributed by atoms with E-state index < -0.39 is 116 Å². The van der Waals surface area contributed by atoms with E-state index >= 15 is 0 Å². The van der Waals surface area contributed by atoms with E-state index in [1.165, 1.54) is 49.6 Å². The zero-order chi connectivity index (χ0) is 58.9. The van der Waals surface area contributed by atoms with Gasteiger partial charge in [-0.15, -0.1) is 34.2 Å². The SMILES string of the molecule is COc1ccc(SOOO)cc1N=Nc1c(SOOO)cc2ccc(N=Nc3cc(S(=O)(=O)O)c4cc(S(=O)(=O)O)c(N=Nc5ccc6c(O)c(N=Nc7ccc(Cl)c(S(=O)(=O)O)c7)c(S(=O)(=O)O)cc6c5)c(O)c4c3N)cc2c1O. The molecule has 0 amide bonds. The van der Waals surface area contributed by atoms with Crippen LogP contribution in [0.25, 0.3) is 32.3 Å². The number of nitrogens with two attached hydrogens (primary N) is 1. The first kappa shape index (κ1) is 59.5. The highest BCUT2D eigenvalue weighted by Gasteiger charge is 2.29. The molecule has 0 aromatic heterocycles. The molecule has 0 atom stereocenters. The average Bonchev–Trinajstić information content (AvgIpc) is 3.60. The van der Waals surface area contributed by atoms with Crippen molar-refractivity contribution in [3.63, 3.8) is 0 Å². The van der Waals surface area contributed by atoms with Gasteiger partial charge in [0.1, 0.15) is 53.8 Å². The molecule has 0 unspecified atom stereocenters. The monoisotopic (exact) mass is 1250 g/mol. The molecule has 8 aromatic carbocycles. The molecule has 422 valence electrons. The van der Waals surface area contributed by atoms with E-state index in [9.17, 15) is 67.2 Å². The minimum atomic E-state index is -5.50. The van der Waals surface area contributed by atoms with Gasteiger partial charge in [-0.05, 0) is 102 Å². The zero-order valence-electron chi connectivity index (χ0n) is 39.6. The molecule has 31 nitrogen and oxygen atoms in total. The van der Waals surface area contributed by atoms with Gasteiger partial charge in [-0.1, -0.05) is 27.7 Å². The standard InChI is InChI=1S/C43H30ClN9O22S6/c1-71-30-9-6-23(76-74-72-57)15-28(30)49-51-38-31(77-75-73-58)11-18-2-3-21(13-25(18)42(38)55)46-50-29-17-32(78(59,60)61)26-16-35(81(68,69)70)40(43(56)36(26)37(29)45)53-47-20-4-7-24-19(10-20)12-34(80(65,66)67)39(41(24)54)52-48-22-5-8-27(44)33(14-22)79(62,63)64/h2-17,54-58H,45H2,1H3,(H,59,60,61)(H,62,63,64)(H,65,66,67)(H,68,69,70). The molecule has 8 rings (SSSR count). The largest absolute Gasteiger partial charge is 0.505 e. The van der Waals surface area contributed by atoms with Crippen LogP contribution in [0.5, 0.6) is 23.0 Å².